The molecular formula is C16H18N4S. The van der Waals surface area contributed by atoms with E-state index < -0.39 is 0 Å². The molecule has 0 bridgehead atoms. The van der Waals surface area contributed by atoms with Crippen LogP contribution >= 0.6 is 11.3 Å². The third-order valence-corrected chi connectivity index (χ3v) is 5.41. The Morgan fingerprint density at radius 2 is 2.19 bits per heavy atom. The van der Waals surface area contributed by atoms with Gasteiger partial charge in [-0.2, -0.15) is 0 Å². The number of imidazole rings is 1. The maximum absolute atomic E-state index is 6.35. The van der Waals surface area contributed by atoms with Crippen LogP contribution in [0.1, 0.15) is 30.2 Å². The maximum atomic E-state index is 6.35. The lowest BCUT2D eigenvalue weighted by atomic mass is 9.95. The molecule has 3 aromatic rings. The molecule has 0 atom stereocenters. The molecule has 1 aliphatic rings. The van der Waals surface area contributed by atoms with Gasteiger partial charge in [-0.1, -0.05) is 0 Å². The van der Waals surface area contributed by atoms with Crippen molar-refractivity contribution in [2.45, 2.75) is 39.2 Å². The summed E-state index contributed by atoms with van der Waals surface area (Å²) in [6.07, 6.45) is 8.48. The van der Waals surface area contributed by atoms with Crippen molar-refractivity contribution >= 4 is 27.4 Å². The summed E-state index contributed by atoms with van der Waals surface area (Å²) >= 11 is 1.75. The highest BCUT2D eigenvalue weighted by molar-refractivity contribution is 7.16. The van der Waals surface area contributed by atoms with Crippen LogP contribution in [-0.2, 0) is 19.4 Å². The zero-order valence-electron chi connectivity index (χ0n) is 12.1. The van der Waals surface area contributed by atoms with E-state index in [-0.39, 0.29) is 0 Å². The van der Waals surface area contributed by atoms with E-state index in [1.807, 2.05) is 18.5 Å². The number of fused-ring (bicyclic) bond motifs is 2. The Hall–Kier alpha value is -1.88. The highest BCUT2D eigenvalue weighted by Crippen LogP contribution is 2.42. The smallest absolute Gasteiger partial charge is 0.144 e. The standard InChI is InChI=1S/C16H18N4S/c1-2-20-12-7-8-18-9-11(12)19-16(20)14-10-5-3-4-6-13(10)21-15(14)17/h7-9H,2-6,17H2,1H3. The molecule has 4 nitrogen and oxygen atoms in total. The molecule has 4 rings (SSSR count). The van der Waals surface area contributed by atoms with E-state index in [0.29, 0.717) is 0 Å². The Labute approximate surface area is 127 Å². The molecule has 0 radical (unpaired) electrons. The fourth-order valence-electron chi connectivity index (χ4n) is 3.33. The molecule has 0 unspecified atom stereocenters. The zero-order chi connectivity index (χ0) is 14.4. The van der Waals surface area contributed by atoms with E-state index in [4.69, 9.17) is 10.7 Å². The van der Waals surface area contributed by atoms with Crippen LogP contribution < -0.4 is 5.73 Å². The van der Waals surface area contributed by atoms with Crippen molar-refractivity contribution in [2.24, 2.45) is 0 Å². The van der Waals surface area contributed by atoms with Gasteiger partial charge in [0.15, 0.2) is 0 Å². The van der Waals surface area contributed by atoms with E-state index in [0.717, 1.165) is 41.2 Å². The third-order valence-electron chi connectivity index (χ3n) is 4.29. The minimum absolute atomic E-state index is 0.889. The SMILES string of the molecule is CCn1c(-c2c(N)sc3c2CCCC3)nc2cnccc21. The van der Waals surface area contributed by atoms with E-state index >= 15 is 0 Å². The first-order valence-corrected chi connectivity index (χ1v) is 8.32. The molecule has 0 fully saturated rings. The summed E-state index contributed by atoms with van der Waals surface area (Å²) in [6, 6.07) is 2.03. The van der Waals surface area contributed by atoms with Crippen LogP contribution in [0.2, 0.25) is 0 Å². The van der Waals surface area contributed by atoms with Crippen molar-refractivity contribution in [1.29, 1.82) is 0 Å². The molecule has 5 heteroatoms. The summed E-state index contributed by atoms with van der Waals surface area (Å²) in [5.74, 6) is 1.01. The predicted molar refractivity (Wildman–Crippen MR) is 87.6 cm³/mol. The van der Waals surface area contributed by atoms with Crippen LogP contribution in [0.4, 0.5) is 5.00 Å². The molecule has 0 spiro atoms. The van der Waals surface area contributed by atoms with Gasteiger partial charge in [-0.3, -0.25) is 4.98 Å². The molecule has 0 amide bonds. The quantitative estimate of drug-likeness (QED) is 0.786. The van der Waals surface area contributed by atoms with Gasteiger partial charge in [0.05, 0.1) is 22.3 Å². The highest BCUT2D eigenvalue weighted by atomic mass is 32.1. The van der Waals surface area contributed by atoms with E-state index in [1.165, 1.54) is 28.8 Å². The first kappa shape index (κ1) is 12.8. The summed E-state index contributed by atoms with van der Waals surface area (Å²) in [5.41, 5.74) is 11.0. The van der Waals surface area contributed by atoms with Crippen molar-refractivity contribution in [1.82, 2.24) is 14.5 Å². The second-order valence-electron chi connectivity index (χ2n) is 5.49. The zero-order valence-corrected chi connectivity index (χ0v) is 12.9. The van der Waals surface area contributed by atoms with Crippen LogP contribution in [0.3, 0.4) is 0 Å². The van der Waals surface area contributed by atoms with Gasteiger partial charge in [0.2, 0.25) is 0 Å². The van der Waals surface area contributed by atoms with Gasteiger partial charge in [-0.25, -0.2) is 4.98 Å². The first-order valence-electron chi connectivity index (χ1n) is 7.50. The highest BCUT2D eigenvalue weighted by Gasteiger charge is 2.24. The lowest BCUT2D eigenvalue weighted by molar-refractivity contribution is 0.696. The lowest BCUT2D eigenvalue weighted by Gasteiger charge is -2.13. The van der Waals surface area contributed by atoms with Gasteiger partial charge in [-0.15, -0.1) is 11.3 Å². The number of hydrogen-bond donors (Lipinski definition) is 1. The summed E-state index contributed by atoms with van der Waals surface area (Å²) in [5, 5.41) is 0.917. The molecule has 21 heavy (non-hydrogen) atoms. The minimum atomic E-state index is 0.889. The van der Waals surface area contributed by atoms with Gasteiger partial charge in [-0.05, 0) is 44.2 Å². The number of thiophene rings is 1. The normalized spacial score (nSPS) is 14.5. The fourth-order valence-corrected chi connectivity index (χ4v) is 4.48. The molecule has 1 aliphatic carbocycles. The van der Waals surface area contributed by atoms with Crippen LogP contribution in [0.5, 0.6) is 0 Å². The molecular weight excluding hydrogens is 280 g/mol. The average molecular weight is 298 g/mol. The molecule has 0 saturated heterocycles. The van der Waals surface area contributed by atoms with E-state index in [9.17, 15) is 0 Å². The number of nitrogens with zero attached hydrogens (tertiary/aromatic N) is 3. The number of aromatic nitrogens is 3. The minimum Gasteiger partial charge on any atom is -0.390 e. The number of aryl methyl sites for hydroxylation is 2. The summed E-state index contributed by atoms with van der Waals surface area (Å²) in [6.45, 7) is 3.04. The summed E-state index contributed by atoms with van der Waals surface area (Å²) in [4.78, 5) is 10.5. The van der Waals surface area contributed by atoms with E-state index in [2.05, 4.69) is 16.5 Å². The number of hydrogen-bond acceptors (Lipinski definition) is 4. The van der Waals surface area contributed by atoms with E-state index in [1.54, 1.807) is 11.3 Å². The molecule has 3 aromatic heterocycles. The average Bonchev–Trinajstić information content (AvgIpc) is 3.02. The number of nitrogens with two attached hydrogens (primary N) is 1. The number of anilines is 1. The second-order valence-corrected chi connectivity index (χ2v) is 6.63. The number of nitrogen functional groups attached to an aromatic ring is 1. The fraction of sp³-hybridized carbons (Fsp3) is 0.375. The molecule has 0 aromatic carbocycles. The first-order chi connectivity index (χ1) is 10.3. The second kappa shape index (κ2) is 4.84. The predicted octanol–water partition coefficient (Wildman–Crippen LogP) is 3.64. The van der Waals surface area contributed by atoms with Gasteiger partial charge in [0, 0.05) is 17.6 Å². The van der Waals surface area contributed by atoms with Crippen LogP contribution in [0.15, 0.2) is 18.5 Å². The van der Waals surface area contributed by atoms with Crippen molar-refractivity contribution < 1.29 is 0 Å². The topological polar surface area (TPSA) is 56.7 Å². The Bertz CT molecular complexity index is 815. The largest absolute Gasteiger partial charge is 0.390 e. The molecule has 0 saturated carbocycles. The Kier molecular flexibility index (Phi) is 2.96. The van der Waals surface area contributed by atoms with Gasteiger partial charge < -0.3 is 10.3 Å². The molecule has 3 heterocycles. The van der Waals surface area contributed by atoms with Crippen molar-refractivity contribution in [3.05, 3.63) is 28.9 Å². The summed E-state index contributed by atoms with van der Waals surface area (Å²) in [7, 11) is 0. The van der Waals surface area contributed by atoms with Crippen molar-refractivity contribution in [2.75, 3.05) is 5.73 Å². The molecule has 2 N–H and O–H groups in total. The monoisotopic (exact) mass is 298 g/mol. The number of rotatable bonds is 2. The Morgan fingerprint density at radius 1 is 1.33 bits per heavy atom. The van der Waals surface area contributed by atoms with Crippen molar-refractivity contribution in [3.63, 3.8) is 0 Å². The Balaban J connectivity index is 2.00. The molecule has 0 aliphatic heterocycles. The maximum Gasteiger partial charge on any atom is 0.144 e. The van der Waals surface area contributed by atoms with Gasteiger partial charge in [0.1, 0.15) is 11.3 Å². The Morgan fingerprint density at radius 3 is 3.05 bits per heavy atom. The van der Waals surface area contributed by atoms with Crippen LogP contribution in [0.25, 0.3) is 22.4 Å². The summed E-state index contributed by atoms with van der Waals surface area (Å²) < 4.78 is 2.25. The van der Waals surface area contributed by atoms with Crippen LogP contribution in [-0.4, -0.2) is 14.5 Å². The number of pyridine rings is 1. The van der Waals surface area contributed by atoms with Crippen molar-refractivity contribution in [3.8, 4) is 11.4 Å². The van der Waals surface area contributed by atoms with Gasteiger partial charge >= 0.3 is 0 Å². The third kappa shape index (κ3) is 1.87. The van der Waals surface area contributed by atoms with Gasteiger partial charge in [0.25, 0.3) is 0 Å². The van der Waals surface area contributed by atoms with Crippen LogP contribution in [0, 0.1) is 0 Å². The lowest BCUT2D eigenvalue weighted by Crippen LogP contribution is -2.03. The molecule has 108 valence electrons.